The van der Waals surface area contributed by atoms with Crippen LogP contribution < -0.4 is 20.1 Å². The fourth-order valence-corrected chi connectivity index (χ4v) is 3.00. The highest BCUT2D eigenvalue weighted by molar-refractivity contribution is 5.41. The molecule has 10 heteroatoms. The van der Waals surface area contributed by atoms with E-state index in [1.165, 1.54) is 18.6 Å². The Bertz CT molecular complexity index is 744. The zero-order chi connectivity index (χ0) is 17.8. The van der Waals surface area contributed by atoms with E-state index in [9.17, 15) is 4.79 Å². The Morgan fingerprint density at radius 2 is 1.62 bits per heavy atom. The number of aromatic amines is 1. The van der Waals surface area contributed by atoms with Gasteiger partial charge in [-0.2, -0.15) is 15.0 Å². The molecule has 0 spiro atoms. The second-order valence-corrected chi connectivity index (χ2v) is 6.23. The average Bonchev–Trinajstić information content (AvgIpc) is 2.71. The fourth-order valence-electron chi connectivity index (χ4n) is 3.00. The number of nitrogens with zero attached hydrogens (tertiary/aromatic N) is 6. The van der Waals surface area contributed by atoms with Crippen molar-refractivity contribution in [3.63, 3.8) is 0 Å². The topological polar surface area (TPSA) is 109 Å². The summed E-state index contributed by atoms with van der Waals surface area (Å²) in [6.07, 6.45) is 3.47. The first-order valence-corrected chi connectivity index (χ1v) is 8.85. The van der Waals surface area contributed by atoms with E-state index in [4.69, 9.17) is 9.47 Å². The van der Waals surface area contributed by atoms with E-state index in [0.29, 0.717) is 25.1 Å². The van der Waals surface area contributed by atoms with E-state index >= 15 is 0 Å². The molecular weight excluding hydrogens is 338 g/mol. The molecule has 2 aliphatic heterocycles. The van der Waals surface area contributed by atoms with E-state index in [-0.39, 0.29) is 17.4 Å². The predicted octanol–water partition coefficient (Wildman–Crippen LogP) is 0.574. The number of aromatic nitrogens is 5. The number of H-pyrrole nitrogens is 1. The van der Waals surface area contributed by atoms with Gasteiger partial charge in [-0.15, -0.1) is 5.10 Å². The minimum absolute atomic E-state index is 0.168. The van der Waals surface area contributed by atoms with Gasteiger partial charge < -0.3 is 19.3 Å². The van der Waals surface area contributed by atoms with E-state index in [1.54, 1.807) is 0 Å². The van der Waals surface area contributed by atoms with Gasteiger partial charge in [-0.1, -0.05) is 0 Å². The molecule has 2 aliphatic rings. The summed E-state index contributed by atoms with van der Waals surface area (Å²) in [5.41, 5.74) is -0.295. The molecule has 1 N–H and O–H groups in total. The highest BCUT2D eigenvalue weighted by atomic mass is 16.5. The van der Waals surface area contributed by atoms with Crippen molar-refractivity contribution in [2.24, 2.45) is 0 Å². The van der Waals surface area contributed by atoms with Crippen LogP contribution in [0.3, 0.4) is 0 Å². The minimum Gasteiger partial charge on any atom is -0.403 e. The predicted molar refractivity (Wildman–Crippen MR) is 93.9 cm³/mol. The Balaban J connectivity index is 1.64. The van der Waals surface area contributed by atoms with Crippen LogP contribution in [-0.2, 0) is 4.74 Å². The van der Waals surface area contributed by atoms with Crippen LogP contribution >= 0.6 is 0 Å². The standard InChI is InChI=1S/C16H21N7O3/c24-12-4-5-13(21-20-12)26-16-18-14(22-6-2-1-3-7-22)17-15(19-16)23-8-10-25-11-9-23/h4-5H,1-3,6-11H2,(H,20,24). The van der Waals surface area contributed by atoms with E-state index < -0.39 is 0 Å². The maximum Gasteiger partial charge on any atom is 0.330 e. The zero-order valence-electron chi connectivity index (χ0n) is 14.4. The minimum atomic E-state index is -0.295. The number of rotatable bonds is 4. The van der Waals surface area contributed by atoms with Crippen molar-refractivity contribution in [2.45, 2.75) is 19.3 Å². The Morgan fingerprint density at radius 1 is 0.923 bits per heavy atom. The van der Waals surface area contributed by atoms with Crippen LogP contribution in [0, 0.1) is 0 Å². The van der Waals surface area contributed by atoms with Crippen LogP contribution in [0.5, 0.6) is 11.9 Å². The van der Waals surface area contributed by atoms with E-state index in [1.807, 2.05) is 0 Å². The summed E-state index contributed by atoms with van der Waals surface area (Å²) in [7, 11) is 0. The van der Waals surface area contributed by atoms with Gasteiger partial charge in [-0.05, 0) is 19.3 Å². The number of morpholine rings is 1. The van der Waals surface area contributed by atoms with Gasteiger partial charge in [0.05, 0.1) is 13.2 Å². The Morgan fingerprint density at radius 3 is 2.27 bits per heavy atom. The summed E-state index contributed by atoms with van der Waals surface area (Å²) >= 11 is 0. The molecule has 0 atom stereocenters. The Labute approximate surface area is 150 Å². The van der Waals surface area contributed by atoms with Gasteiger partial charge in [0, 0.05) is 38.3 Å². The second kappa shape index (κ2) is 7.65. The summed E-state index contributed by atoms with van der Waals surface area (Å²) in [4.78, 5) is 28.9. The molecule has 10 nitrogen and oxygen atoms in total. The van der Waals surface area contributed by atoms with Crippen molar-refractivity contribution in [2.75, 3.05) is 49.2 Å². The van der Waals surface area contributed by atoms with Crippen LogP contribution in [0.2, 0.25) is 0 Å². The SMILES string of the molecule is O=c1ccc(Oc2nc(N3CCCCC3)nc(N3CCOCC3)n2)n[nH]1. The summed E-state index contributed by atoms with van der Waals surface area (Å²) in [6, 6.07) is 3.00. The molecular formula is C16H21N7O3. The molecule has 2 fully saturated rings. The lowest BCUT2D eigenvalue weighted by Gasteiger charge is -2.30. The van der Waals surface area contributed by atoms with Crippen LogP contribution in [0.25, 0.3) is 0 Å². The van der Waals surface area contributed by atoms with Gasteiger partial charge in [0.2, 0.25) is 17.8 Å². The molecule has 0 aliphatic carbocycles. The van der Waals surface area contributed by atoms with Crippen molar-refractivity contribution < 1.29 is 9.47 Å². The van der Waals surface area contributed by atoms with Crippen LogP contribution in [0.1, 0.15) is 19.3 Å². The normalized spacial score (nSPS) is 18.0. The highest BCUT2D eigenvalue weighted by Gasteiger charge is 2.21. The highest BCUT2D eigenvalue weighted by Crippen LogP contribution is 2.23. The second-order valence-electron chi connectivity index (χ2n) is 6.23. The number of hydrogen-bond acceptors (Lipinski definition) is 9. The van der Waals surface area contributed by atoms with Crippen LogP contribution in [0.15, 0.2) is 16.9 Å². The first-order chi connectivity index (χ1) is 12.8. The Kier molecular flexibility index (Phi) is 4.91. The summed E-state index contributed by atoms with van der Waals surface area (Å²) in [6.45, 7) is 4.57. The molecule has 2 aromatic heterocycles. The molecule has 4 rings (SSSR count). The van der Waals surface area contributed by atoms with E-state index in [2.05, 4.69) is 34.9 Å². The third-order valence-corrected chi connectivity index (χ3v) is 4.37. The third-order valence-electron chi connectivity index (χ3n) is 4.37. The first kappa shape index (κ1) is 16.7. The molecule has 2 saturated heterocycles. The molecule has 2 aromatic rings. The lowest BCUT2D eigenvalue weighted by atomic mass is 10.1. The van der Waals surface area contributed by atoms with E-state index in [0.717, 1.165) is 39.0 Å². The van der Waals surface area contributed by atoms with Gasteiger partial charge in [0.1, 0.15) is 0 Å². The quantitative estimate of drug-likeness (QED) is 0.838. The largest absolute Gasteiger partial charge is 0.403 e. The molecule has 26 heavy (non-hydrogen) atoms. The zero-order valence-corrected chi connectivity index (χ0v) is 14.4. The number of piperidine rings is 1. The molecule has 138 valence electrons. The van der Waals surface area contributed by atoms with Crippen LogP contribution in [0.4, 0.5) is 11.9 Å². The molecule has 4 heterocycles. The lowest BCUT2D eigenvalue weighted by molar-refractivity contribution is 0.122. The van der Waals surface area contributed by atoms with Gasteiger partial charge in [-0.3, -0.25) is 4.79 Å². The molecule has 0 saturated carbocycles. The Hall–Kier alpha value is -2.75. The first-order valence-electron chi connectivity index (χ1n) is 8.85. The fraction of sp³-hybridized carbons (Fsp3) is 0.562. The summed E-state index contributed by atoms with van der Waals surface area (Å²) in [5.74, 6) is 1.41. The molecule has 0 aromatic carbocycles. The smallest absolute Gasteiger partial charge is 0.330 e. The molecule has 0 unspecified atom stereocenters. The van der Waals surface area contributed by atoms with Gasteiger partial charge in [-0.25, -0.2) is 5.10 Å². The number of hydrogen-bond donors (Lipinski definition) is 1. The van der Waals surface area contributed by atoms with Crippen molar-refractivity contribution in [1.29, 1.82) is 0 Å². The summed E-state index contributed by atoms with van der Waals surface area (Å²) in [5, 5.41) is 6.19. The molecule has 0 amide bonds. The molecule has 0 bridgehead atoms. The number of nitrogens with one attached hydrogen (secondary N) is 1. The third kappa shape index (κ3) is 3.90. The average molecular weight is 359 g/mol. The van der Waals surface area contributed by atoms with Crippen LogP contribution in [-0.4, -0.2) is 64.5 Å². The van der Waals surface area contributed by atoms with Crippen molar-refractivity contribution in [1.82, 2.24) is 25.1 Å². The number of ether oxygens (including phenoxy) is 2. The van der Waals surface area contributed by atoms with Gasteiger partial charge >= 0.3 is 6.01 Å². The molecule has 0 radical (unpaired) electrons. The summed E-state index contributed by atoms with van der Waals surface area (Å²) < 4.78 is 11.1. The van der Waals surface area contributed by atoms with Gasteiger partial charge in [0.25, 0.3) is 5.56 Å². The van der Waals surface area contributed by atoms with Crippen molar-refractivity contribution in [3.05, 3.63) is 22.5 Å². The maximum atomic E-state index is 11.2. The van der Waals surface area contributed by atoms with Crippen molar-refractivity contribution in [3.8, 4) is 11.9 Å². The van der Waals surface area contributed by atoms with Gasteiger partial charge in [0.15, 0.2) is 0 Å². The monoisotopic (exact) mass is 359 g/mol. The lowest BCUT2D eigenvalue weighted by Crippen LogP contribution is -2.38. The maximum absolute atomic E-state index is 11.2. The number of anilines is 2. The van der Waals surface area contributed by atoms with Crippen molar-refractivity contribution >= 4 is 11.9 Å².